The number of aliphatic hydroxyl groups excluding tert-OH is 1. The van der Waals surface area contributed by atoms with Crippen molar-refractivity contribution in [1.82, 2.24) is 9.80 Å². The Labute approximate surface area is 238 Å². The first-order chi connectivity index (χ1) is 18.4. The van der Waals surface area contributed by atoms with Gasteiger partial charge in [0.1, 0.15) is 11.7 Å². The molecule has 226 valence electrons. The normalized spacial score (nSPS) is 43.8. The van der Waals surface area contributed by atoms with Gasteiger partial charge in [-0.05, 0) is 39.2 Å². The summed E-state index contributed by atoms with van der Waals surface area (Å²) in [5, 5.41) is 24.2. The molecular formula is C30H48N2O8. The minimum absolute atomic E-state index is 0.130. The highest BCUT2D eigenvalue weighted by molar-refractivity contribution is 5.92. The molecule has 40 heavy (non-hydrogen) atoms. The molecule has 0 radical (unpaired) electrons. The van der Waals surface area contributed by atoms with Gasteiger partial charge in [-0.2, -0.15) is 0 Å². The van der Waals surface area contributed by atoms with Gasteiger partial charge >= 0.3 is 11.9 Å². The first kappa shape index (κ1) is 31.1. The molecule has 2 saturated heterocycles. The minimum Gasteiger partial charge on any atom is -0.458 e. The van der Waals surface area contributed by atoms with Gasteiger partial charge in [0.2, 0.25) is 0 Å². The molecule has 4 fully saturated rings. The van der Waals surface area contributed by atoms with Gasteiger partial charge in [-0.1, -0.05) is 26.8 Å². The number of aliphatic hydroxyl groups is 2. The van der Waals surface area contributed by atoms with E-state index in [1.165, 1.54) is 19.9 Å². The molecule has 2 aliphatic carbocycles. The predicted octanol–water partition coefficient (Wildman–Crippen LogP) is 1.71. The Morgan fingerprint density at radius 3 is 2.33 bits per heavy atom. The van der Waals surface area contributed by atoms with Gasteiger partial charge in [0.15, 0.2) is 17.5 Å². The number of piperazine rings is 1. The molecule has 10 heteroatoms. The van der Waals surface area contributed by atoms with Crippen molar-refractivity contribution in [3.63, 3.8) is 0 Å². The van der Waals surface area contributed by atoms with Crippen molar-refractivity contribution in [3.05, 3.63) is 12.7 Å². The standard InChI is InChI=1S/C30H48N2O8/c1-9-27(5)18-21(35)30(37)28(6)20(34)10-12-26(3,4)24(28)23(25(38-19(2)33)29(30,7)40-27)39-22(36)11-13-32-16-14-31(8)15-17-32/h9,20,23-25,34,37H,1,10-18H2,2-8H3/t20?,23-,24-,25-,27-,28-,29+,30-/m0/s1. The van der Waals surface area contributed by atoms with Crippen molar-refractivity contribution < 1.29 is 38.8 Å². The monoisotopic (exact) mass is 564 g/mol. The molecular weight excluding hydrogens is 516 g/mol. The summed E-state index contributed by atoms with van der Waals surface area (Å²) in [7, 11) is 2.07. The van der Waals surface area contributed by atoms with Crippen LogP contribution in [0.1, 0.15) is 67.2 Å². The summed E-state index contributed by atoms with van der Waals surface area (Å²) in [6.07, 6.45) is -1.13. The third-order valence-electron chi connectivity index (χ3n) is 10.5. The van der Waals surface area contributed by atoms with Crippen molar-refractivity contribution in [2.24, 2.45) is 16.7 Å². The van der Waals surface area contributed by atoms with Gasteiger partial charge in [0.25, 0.3) is 0 Å². The second-order valence-corrected chi connectivity index (χ2v) is 13.7. The van der Waals surface area contributed by atoms with E-state index in [1.54, 1.807) is 13.8 Å². The van der Waals surface area contributed by atoms with Crippen LogP contribution in [0, 0.1) is 16.7 Å². The number of hydrogen-bond acceptors (Lipinski definition) is 10. The number of rotatable bonds is 6. The van der Waals surface area contributed by atoms with Crippen LogP contribution in [-0.2, 0) is 28.6 Å². The average Bonchev–Trinajstić information content (AvgIpc) is 2.86. The Bertz CT molecular complexity index is 1040. The highest BCUT2D eigenvalue weighted by Crippen LogP contribution is 2.67. The minimum atomic E-state index is -2.24. The number of nitrogens with zero attached hydrogens (tertiary/aromatic N) is 2. The van der Waals surface area contributed by atoms with E-state index in [4.69, 9.17) is 14.2 Å². The molecule has 0 aromatic rings. The molecule has 8 atom stereocenters. The van der Waals surface area contributed by atoms with E-state index in [9.17, 15) is 24.6 Å². The third kappa shape index (κ3) is 4.73. The highest BCUT2D eigenvalue weighted by atomic mass is 16.6. The molecule has 2 N–H and O–H groups in total. The predicted molar refractivity (Wildman–Crippen MR) is 147 cm³/mol. The van der Waals surface area contributed by atoms with Crippen LogP contribution in [0.3, 0.4) is 0 Å². The fraction of sp³-hybridized carbons (Fsp3) is 0.833. The Balaban J connectivity index is 1.79. The molecule has 2 saturated carbocycles. The van der Waals surface area contributed by atoms with Gasteiger partial charge in [-0.15, -0.1) is 6.58 Å². The Morgan fingerprint density at radius 2 is 1.75 bits per heavy atom. The summed E-state index contributed by atoms with van der Waals surface area (Å²) in [6.45, 7) is 18.0. The zero-order chi connectivity index (χ0) is 29.9. The lowest BCUT2D eigenvalue weighted by Crippen LogP contribution is -2.87. The largest absolute Gasteiger partial charge is 0.458 e. The van der Waals surface area contributed by atoms with Crippen molar-refractivity contribution in [3.8, 4) is 0 Å². The van der Waals surface area contributed by atoms with E-state index < -0.39 is 69.6 Å². The van der Waals surface area contributed by atoms with Gasteiger partial charge < -0.3 is 34.2 Å². The molecule has 0 bridgehead atoms. The summed E-state index contributed by atoms with van der Waals surface area (Å²) in [5.41, 5.74) is -7.33. The maximum absolute atomic E-state index is 14.1. The fourth-order valence-corrected chi connectivity index (χ4v) is 8.27. The molecule has 4 rings (SSSR count). The smallest absolute Gasteiger partial charge is 0.307 e. The van der Waals surface area contributed by atoms with Crippen LogP contribution >= 0.6 is 0 Å². The number of ketones is 1. The number of esters is 2. The van der Waals surface area contributed by atoms with Crippen LogP contribution in [0.5, 0.6) is 0 Å². The summed E-state index contributed by atoms with van der Waals surface area (Å²) < 4.78 is 18.6. The zero-order valence-corrected chi connectivity index (χ0v) is 25.2. The molecule has 0 aromatic heterocycles. The van der Waals surface area contributed by atoms with Crippen molar-refractivity contribution in [2.45, 2.75) is 102 Å². The highest BCUT2D eigenvalue weighted by Gasteiger charge is 2.82. The average molecular weight is 565 g/mol. The second-order valence-electron chi connectivity index (χ2n) is 13.7. The van der Waals surface area contributed by atoms with E-state index in [-0.39, 0.29) is 12.8 Å². The number of ether oxygens (including phenoxy) is 3. The van der Waals surface area contributed by atoms with Gasteiger partial charge in [0, 0.05) is 57.4 Å². The van der Waals surface area contributed by atoms with Crippen LogP contribution in [0.4, 0.5) is 0 Å². The van der Waals surface area contributed by atoms with Gasteiger partial charge in [-0.3, -0.25) is 14.4 Å². The number of fused-ring (bicyclic) bond motifs is 3. The zero-order valence-electron chi connectivity index (χ0n) is 25.2. The van der Waals surface area contributed by atoms with Crippen molar-refractivity contribution in [1.29, 1.82) is 0 Å². The van der Waals surface area contributed by atoms with E-state index in [0.717, 1.165) is 26.2 Å². The third-order valence-corrected chi connectivity index (χ3v) is 10.5. The van der Waals surface area contributed by atoms with Crippen molar-refractivity contribution >= 4 is 17.7 Å². The van der Waals surface area contributed by atoms with Crippen LogP contribution in [-0.4, -0.2) is 113 Å². The number of hydrogen-bond donors (Lipinski definition) is 2. The molecule has 1 unspecified atom stereocenters. The van der Waals surface area contributed by atoms with Crippen LogP contribution in [0.15, 0.2) is 12.7 Å². The molecule has 2 heterocycles. The number of Topliss-reactive ketones (excluding diaryl/α,β-unsaturated/α-hetero) is 1. The quantitative estimate of drug-likeness (QED) is 0.364. The Morgan fingerprint density at radius 1 is 1.12 bits per heavy atom. The first-order valence-corrected chi connectivity index (χ1v) is 14.5. The van der Waals surface area contributed by atoms with E-state index >= 15 is 0 Å². The lowest BCUT2D eigenvalue weighted by atomic mass is 9.39. The summed E-state index contributed by atoms with van der Waals surface area (Å²) in [4.78, 5) is 44.5. The fourth-order valence-electron chi connectivity index (χ4n) is 8.27. The van der Waals surface area contributed by atoms with E-state index in [0.29, 0.717) is 19.4 Å². The topological polar surface area (TPSA) is 126 Å². The Hall–Kier alpha value is -1.85. The molecule has 0 spiro atoms. The summed E-state index contributed by atoms with van der Waals surface area (Å²) >= 11 is 0. The van der Waals surface area contributed by atoms with Crippen LogP contribution in [0.25, 0.3) is 0 Å². The van der Waals surface area contributed by atoms with E-state index in [2.05, 4.69) is 23.4 Å². The maximum Gasteiger partial charge on any atom is 0.307 e. The first-order valence-electron chi connectivity index (χ1n) is 14.5. The second kappa shape index (κ2) is 10.5. The summed E-state index contributed by atoms with van der Waals surface area (Å²) in [5.74, 6) is -2.38. The number of carbonyl (C=O) groups excluding carboxylic acids is 3. The lowest BCUT2D eigenvalue weighted by molar-refractivity contribution is -0.371. The Kier molecular flexibility index (Phi) is 8.13. The van der Waals surface area contributed by atoms with Crippen molar-refractivity contribution in [2.75, 3.05) is 39.8 Å². The molecule has 4 aliphatic rings. The van der Waals surface area contributed by atoms with Gasteiger partial charge in [-0.25, -0.2) is 0 Å². The van der Waals surface area contributed by atoms with Gasteiger partial charge in [0.05, 0.1) is 18.1 Å². The number of likely N-dealkylation sites (N-methyl/N-ethyl adjacent to an activating group) is 1. The molecule has 0 amide bonds. The molecule has 10 nitrogen and oxygen atoms in total. The lowest BCUT2D eigenvalue weighted by Gasteiger charge is -2.71. The summed E-state index contributed by atoms with van der Waals surface area (Å²) in [6, 6.07) is 0. The maximum atomic E-state index is 14.1. The molecule has 2 aliphatic heterocycles. The SMILES string of the molecule is C=C[C@@]1(C)CC(=O)[C@]2(O)[C@@]3(C)C(O)CCC(C)(C)[C@@H]3[C@H](OC(=O)CCN3CCN(C)CC3)[C@H](OC(C)=O)[C@@]2(C)O1. The van der Waals surface area contributed by atoms with Crippen LogP contribution < -0.4 is 0 Å². The number of carbonyl (C=O) groups is 3. The molecule has 0 aromatic carbocycles. The van der Waals surface area contributed by atoms with E-state index in [1.807, 2.05) is 13.8 Å². The van der Waals surface area contributed by atoms with Crippen LogP contribution in [0.2, 0.25) is 0 Å².